The van der Waals surface area contributed by atoms with E-state index in [0.717, 1.165) is 35.2 Å². The molecule has 1 aliphatic rings. The number of carbonyl (C=O) groups is 1. The molecule has 2 heterocycles. The number of thioether (sulfide) groups is 1. The van der Waals surface area contributed by atoms with Crippen molar-refractivity contribution in [2.45, 2.75) is 50.7 Å². The van der Waals surface area contributed by atoms with Gasteiger partial charge in [0.2, 0.25) is 11.7 Å². The van der Waals surface area contributed by atoms with Gasteiger partial charge in [0, 0.05) is 16.7 Å². The quantitative estimate of drug-likeness (QED) is 0.433. The van der Waals surface area contributed by atoms with Crippen molar-refractivity contribution in [3.05, 3.63) is 75.6 Å². The van der Waals surface area contributed by atoms with E-state index >= 15 is 0 Å². The van der Waals surface area contributed by atoms with Crippen LogP contribution >= 0.6 is 11.8 Å². The topological polar surface area (TPSA) is 81.3 Å². The average molecular weight is 474 g/mol. The standard InChI is InChI=1S/C26H27N5O2S/c1-5-26(3)14-17-10-6-7-12-19(17)22-21(26)23(33)31-24(28-22)30(29-25(31)34-4)15-20(32)27-18-11-8-9-16(2)13-18/h6-13H,5,14-15H2,1-4H3,(H,27,32)/t26-/m1/s1. The van der Waals surface area contributed by atoms with Crippen LogP contribution in [0.2, 0.25) is 0 Å². The van der Waals surface area contributed by atoms with E-state index in [4.69, 9.17) is 4.98 Å². The van der Waals surface area contributed by atoms with Gasteiger partial charge in [-0.2, -0.15) is 0 Å². The Balaban J connectivity index is 1.66. The monoisotopic (exact) mass is 473 g/mol. The van der Waals surface area contributed by atoms with Gasteiger partial charge >= 0.3 is 0 Å². The fourth-order valence-electron chi connectivity index (χ4n) is 4.80. The number of amides is 1. The second kappa shape index (κ2) is 8.43. The number of fused-ring (bicyclic) bond motifs is 4. The summed E-state index contributed by atoms with van der Waals surface area (Å²) in [7, 11) is 0. The highest BCUT2D eigenvalue weighted by Crippen LogP contribution is 2.42. The van der Waals surface area contributed by atoms with Crippen molar-refractivity contribution in [3.63, 3.8) is 0 Å². The minimum absolute atomic E-state index is 0.0457. The summed E-state index contributed by atoms with van der Waals surface area (Å²) in [4.78, 5) is 31.8. The lowest BCUT2D eigenvalue weighted by Crippen LogP contribution is -2.38. The molecule has 1 amide bonds. The van der Waals surface area contributed by atoms with Crippen LogP contribution in [0.15, 0.2) is 58.5 Å². The van der Waals surface area contributed by atoms with Gasteiger partial charge < -0.3 is 5.32 Å². The smallest absolute Gasteiger partial charge is 0.265 e. The molecule has 174 valence electrons. The molecule has 0 unspecified atom stereocenters. The summed E-state index contributed by atoms with van der Waals surface area (Å²) in [5.74, 6) is 0.150. The van der Waals surface area contributed by atoms with Crippen LogP contribution in [-0.4, -0.2) is 31.3 Å². The van der Waals surface area contributed by atoms with E-state index in [1.54, 1.807) is 4.40 Å². The summed E-state index contributed by atoms with van der Waals surface area (Å²) in [6.45, 7) is 6.18. The van der Waals surface area contributed by atoms with Crippen molar-refractivity contribution in [2.75, 3.05) is 11.6 Å². The molecule has 2 aromatic carbocycles. The van der Waals surface area contributed by atoms with Crippen LogP contribution in [0, 0.1) is 6.92 Å². The van der Waals surface area contributed by atoms with E-state index in [-0.39, 0.29) is 23.4 Å². The fraction of sp³-hybridized carbons (Fsp3) is 0.308. The maximum absolute atomic E-state index is 13.9. The van der Waals surface area contributed by atoms with E-state index < -0.39 is 0 Å². The predicted octanol–water partition coefficient (Wildman–Crippen LogP) is 4.45. The number of anilines is 1. The highest BCUT2D eigenvalue weighted by molar-refractivity contribution is 7.98. The molecule has 1 N–H and O–H groups in total. The zero-order valence-corrected chi connectivity index (χ0v) is 20.6. The van der Waals surface area contributed by atoms with Crippen molar-refractivity contribution in [2.24, 2.45) is 0 Å². The van der Waals surface area contributed by atoms with Gasteiger partial charge in [-0.3, -0.25) is 9.59 Å². The van der Waals surface area contributed by atoms with Gasteiger partial charge in [-0.15, -0.1) is 5.10 Å². The zero-order valence-electron chi connectivity index (χ0n) is 19.8. The second-order valence-electron chi connectivity index (χ2n) is 9.09. The first kappa shape index (κ1) is 22.4. The Morgan fingerprint density at radius 3 is 2.74 bits per heavy atom. The number of hydrogen-bond acceptors (Lipinski definition) is 5. The lowest BCUT2D eigenvalue weighted by atomic mass is 9.69. The van der Waals surface area contributed by atoms with E-state index in [0.29, 0.717) is 16.6 Å². The number of nitrogens with one attached hydrogen (secondary N) is 1. The van der Waals surface area contributed by atoms with Crippen molar-refractivity contribution < 1.29 is 4.79 Å². The number of nitrogens with zero attached hydrogens (tertiary/aromatic N) is 4. The maximum atomic E-state index is 13.9. The average Bonchev–Trinajstić information content (AvgIpc) is 3.16. The van der Waals surface area contributed by atoms with Crippen LogP contribution in [-0.2, 0) is 23.2 Å². The van der Waals surface area contributed by atoms with E-state index in [2.05, 4.69) is 30.3 Å². The molecule has 0 spiro atoms. The largest absolute Gasteiger partial charge is 0.324 e. The fourth-order valence-corrected chi connectivity index (χ4v) is 5.33. The van der Waals surface area contributed by atoms with Gasteiger partial charge in [0.1, 0.15) is 6.54 Å². The van der Waals surface area contributed by atoms with Gasteiger partial charge in [0.25, 0.3) is 5.56 Å². The molecule has 1 atom stereocenters. The molecular weight excluding hydrogens is 446 g/mol. The SMILES string of the molecule is CC[C@]1(C)Cc2ccccc2-c2nc3n(CC(=O)Nc4cccc(C)c4)nc(SC)n3c(=O)c21. The number of aromatic nitrogens is 4. The molecule has 0 saturated carbocycles. The Bertz CT molecular complexity index is 1490. The molecule has 2 aromatic heterocycles. The number of benzene rings is 2. The maximum Gasteiger partial charge on any atom is 0.265 e. The predicted molar refractivity (Wildman–Crippen MR) is 136 cm³/mol. The molecule has 0 saturated heterocycles. The van der Waals surface area contributed by atoms with Crippen LogP contribution in [0.4, 0.5) is 5.69 Å². The highest BCUT2D eigenvalue weighted by atomic mass is 32.2. The van der Waals surface area contributed by atoms with Gasteiger partial charge in [-0.25, -0.2) is 14.1 Å². The lowest BCUT2D eigenvalue weighted by Gasteiger charge is -2.35. The molecule has 0 aliphatic heterocycles. The molecular formula is C26H27N5O2S. The third-order valence-electron chi connectivity index (χ3n) is 6.71. The molecule has 0 radical (unpaired) electrons. The van der Waals surface area contributed by atoms with Crippen LogP contribution in [0.25, 0.3) is 17.0 Å². The minimum Gasteiger partial charge on any atom is -0.324 e. The number of carbonyl (C=O) groups excluding carboxylic acids is 1. The summed E-state index contributed by atoms with van der Waals surface area (Å²) < 4.78 is 3.09. The Kier molecular flexibility index (Phi) is 5.56. The number of aryl methyl sites for hydroxylation is 1. The van der Waals surface area contributed by atoms with E-state index in [1.807, 2.05) is 55.6 Å². The van der Waals surface area contributed by atoms with Crippen molar-refractivity contribution in [1.82, 2.24) is 19.2 Å². The molecule has 7 nitrogen and oxygen atoms in total. The van der Waals surface area contributed by atoms with Crippen molar-refractivity contribution in [1.29, 1.82) is 0 Å². The van der Waals surface area contributed by atoms with Crippen LogP contribution < -0.4 is 10.9 Å². The Labute approximate surface area is 202 Å². The lowest BCUT2D eigenvalue weighted by molar-refractivity contribution is -0.116. The van der Waals surface area contributed by atoms with Crippen LogP contribution in [0.5, 0.6) is 0 Å². The summed E-state index contributed by atoms with van der Waals surface area (Å²) in [5, 5.41) is 8.03. The van der Waals surface area contributed by atoms with Crippen LogP contribution in [0.3, 0.4) is 0 Å². The van der Waals surface area contributed by atoms with Gasteiger partial charge in [-0.1, -0.05) is 62.0 Å². The molecule has 8 heteroatoms. The second-order valence-corrected chi connectivity index (χ2v) is 9.86. The highest BCUT2D eigenvalue weighted by Gasteiger charge is 2.38. The molecule has 34 heavy (non-hydrogen) atoms. The first-order valence-electron chi connectivity index (χ1n) is 11.4. The van der Waals surface area contributed by atoms with Gasteiger partial charge in [-0.05, 0) is 49.3 Å². The summed E-state index contributed by atoms with van der Waals surface area (Å²) >= 11 is 1.37. The van der Waals surface area contributed by atoms with Gasteiger partial charge in [0.05, 0.1) is 11.3 Å². The van der Waals surface area contributed by atoms with Crippen molar-refractivity contribution >= 4 is 29.1 Å². The number of hydrogen-bond donors (Lipinski definition) is 1. The Hall–Kier alpha value is -3.39. The van der Waals surface area contributed by atoms with Crippen LogP contribution in [0.1, 0.15) is 37.0 Å². The zero-order chi connectivity index (χ0) is 24.0. The molecule has 4 aromatic rings. The molecule has 5 rings (SSSR count). The first-order valence-corrected chi connectivity index (χ1v) is 12.6. The first-order chi connectivity index (χ1) is 16.3. The Morgan fingerprint density at radius 2 is 2.00 bits per heavy atom. The van der Waals surface area contributed by atoms with E-state index in [1.165, 1.54) is 22.0 Å². The Morgan fingerprint density at radius 1 is 1.21 bits per heavy atom. The molecule has 0 bridgehead atoms. The third-order valence-corrected chi connectivity index (χ3v) is 7.34. The number of rotatable bonds is 5. The van der Waals surface area contributed by atoms with Crippen molar-refractivity contribution in [3.8, 4) is 11.3 Å². The normalized spacial score (nSPS) is 16.8. The van der Waals surface area contributed by atoms with E-state index in [9.17, 15) is 9.59 Å². The molecule has 1 aliphatic carbocycles. The minimum atomic E-state index is -0.324. The van der Waals surface area contributed by atoms with Gasteiger partial charge in [0.15, 0.2) is 5.16 Å². The molecule has 0 fully saturated rings. The third kappa shape index (κ3) is 3.62. The summed E-state index contributed by atoms with van der Waals surface area (Å²) in [6, 6.07) is 15.8. The summed E-state index contributed by atoms with van der Waals surface area (Å²) in [6.07, 6.45) is 3.48. The summed E-state index contributed by atoms with van der Waals surface area (Å²) in [5.41, 5.74) is 4.94.